The summed E-state index contributed by atoms with van der Waals surface area (Å²) in [5, 5.41) is 0. The molecule has 1 rings (SSSR count). The molecule has 3 unspecified atom stereocenters. The molecule has 1 N–H and O–H groups in total. The van der Waals surface area contributed by atoms with Crippen LogP contribution in [0.1, 0.15) is 206 Å². The van der Waals surface area contributed by atoms with E-state index in [1.165, 1.54) is 122 Å². The topological polar surface area (TPSA) is 121 Å². The van der Waals surface area contributed by atoms with Gasteiger partial charge in [0.25, 0.3) is 0 Å². The molecule has 1 saturated heterocycles. The van der Waals surface area contributed by atoms with Crippen LogP contribution in [0.3, 0.4) is 0 Å². The molecule has 1 aliphatic heterocycles. The Balaban J connectivity index is 2.24. The van der Waals surface area contributed by atoms with E-state index in [4.69, 9.17) is 23.3 Å². The smallest absolute Gasteiger partial charge is 0.462 e. The van der Waals surface area contributed by atoms with Crippen LogP contribution in [-0.4, -0.2) is 87.1 Å². The average molecular weight is 909 g/mol. The van der Waals surface area contributed by atoms with Crippen molar-refractivity contribution < 1.29 is 46.8 Å². The first-order chi connectivity index (χ1) is 30.5. The summed E-state index contributed by atoms with van der Waals surface area (Å²) in [6.45, 7) is 4.33. The molecule has 366 valence electrons. The van der Waals surface area contributed by atoms with E-state index < -0.39 is 26.5 Å². The Morgan fingerprint density at radius 3 is 1.60 bits per heavy atom. The fraction of sp³-hybridized carbons (Fsp3) is 0.808. The summed E-state index contributed by atoms with van der Waals surface area (Å²) in [6.07, 6.45) is 50.6. The van der Waals surface area contributed by atoms with Crippen LogP contribution >= 0.6 is 7.82 Å². The standard InChI is InChI=1S/C52H94NO9P/c1-6-8-10-12-14-15-16-17-18-19-20-21-22-23-24-25-26-27-30-34-38-42-51(54)58-46-48(47-60-63(56,57)59-45-44-53(3,4)5)61-52(55)43-39-35-31-28-29-33-37-41-50-49(62-50)40-36-32-13-11-9-7-2/h17-18,28,31-33,36-37,48-50H,6-16,19-27,29-30,34-35,38-47H2,1-5H3/p+1/b18-17-,31-28-,36-32-,37-33-/t48-,49?,50?/m1/s1. The van der Waals surface area contributed by atoms with Gasteiger partial charge in [0.05, 0.1) is 40.0 Å². The number of unbranched alkanes of at least 4 members (excludes halogenated alkanes) is 21. The summed E-state index contributed by atoms with van der Waals surface area (Å²) < 4.78 is 40.2. The van der Waals surface area contributed by atoms with E-state index in [0.717, 1.165) is 44.9 Å². The van der Waals surface area contributed by atoms with E-state index >= 15 is 0 Å². The number of hydrogen-bond donors (Lipinski definition) is 1. The zero-order valence-corrected chi connectivity index (χ0v) is 41.9. The molecule has 1 fully saturated rings. The maximum absolute atomic E-state index is 12.7. The molecule has 63 heavy (non-hydrogen) atoms. The summed E-state index contributed by atoms with van der Waals surface area (Å²) in [7, 11) is 1.43. The largest absolute Gasteiger partial charge is 0.472 e. The minimum Gasteiger partial charge on any atom is -0.462 e. The second-order valence-corrected chi connectivity index (χ2v) is 20.0. The average Bonchev–Trinajstić information content (AvgIpc) is 4.00. The number of quaternary nitrogens is 1. The minimum atomic E-state index is -4.40. The van der Waals surface area contributed by atoms with Gasteiger partial charge < -0.3 is 23.6 Å². The molecule has 0 spiro atoms. The Kier molecular flexibility index (Phi) is 37.6. The number of phosphoric ester groups is 1. The van der Waals surface area contributed by atoms with E-state index in [1.54, 1.807) is 0 Å². The molecule has 1 aliphatic rings. The molecule has 4 atom stereocenters. The van der Waals surface area contributed by atoms with Crippen LogP contribution in [0.2, 0.25) is 0 Å². The number of hydrogen-bond acceptors (Lipinski definition) is 8. The van der Waals surface area contributed by atoms with Gasteiger partial charge in [-0.05, 0) is 77.0 Å². The van der Waals surface area contributed by atoms with Crippen molar-refractivity contribution >= 4 is 19.8 Å². The van der Waals surface area contributed by atoms with E-state index in [-0.39, 0.29) is 32.0 Å². The lowest BCUT2D eigenvalue weighted by Crippen LogP contribution is -2.37. The van der Waals surface area contributed by atoms with Crippen LogP contribution in [0.25, 0.3) is 0 Å². The fourth-order valence-electron chi connectivity index (χ4n) is 7.10. The first-order valence-electron chi connectivity index (χ1n) is 25.5. The highest BCUT2D eigenvalue weighted by molar-refractivity contribution is 7.47. The fourth-order valence-corrected chi connectivity index (χ4v) is 7.84. The van der Waals surface area contributed by atoms with Gasteiger partial charge in [0, 0.05) is 12.8 Å². The molecule has 1 heterocycles. The second kappa shape index (κ2) is 40.2. The maximum Gasteiger partial charge on any atom is 0.472 e. The number of allylic oxidation sites excluding steroid dienone is 6. The number of ether oxygens (including phenoxy) is 3. The molecule has 0 aromatic rings. The lowest BCUT2D eigenvalue weighted by atomic mass is 10.0. The van der Waals surface area contributed by atoms with Crippen molar-refractivity contribution in [1.29, 1.82) is 0 Å². The molecule has 10 nitrogen and oxygen atoms in total. The summed E-state index contributed by atoms with van der Waals surface area (Å²) in [4.78, 5) is 35.5. The monoisotopic (exact) mass is 909 g/mol. The van der Waals surface area contributed by atoms with Crippen molar-refractivity contribution in [3.63, 3.8) is 0 Å². The number of likely N-dealkylation sites (N-methyl/N-ethyl adjacent to an activating group) is 1. The minimum absolute atomic E-state index is 0.0181. The second-order valence-electron chi connectivity index (χ2n) is 18.6. The van der Waals surface area contributed by atoms with Crippen molar-refractivity contribution in [2.24, 2.45) is 0 Å². The summed E-state index contributed by atoms with van der Waals surface area (Å²) in [6, 6.07) is 0. The Hall–Kier alpha value is -2.07. The number of carbonyl (C=O) groups excluding carboxylic acids is 2. The van der Waals surface area contributed by atoms with Crippen molar-refractivity contribution in [3.8, 4) is 0 Å². The number of carbonyl (C=O) groups is 2. The summed E-state index contributed by atoms with van der Waals surface area (Å²) in [5.74, 6) is -0.868. The Labute approximate surface area is 386 Å². The maximum atomic E-state index is 12.7. The van der Waals surface area contributed by atoms with Gasteiger partial charge in [-0.1, -0.05) is 165 Å². The Morgan fingerprint density at radius 2 is 1.02 bits per heavy atom. The normalized spacial score (nSPS) is 17.0. The number of nitrogens with zero attached hydrogens (tertiary/aromatic N) is 1. The molecule has 11 heteroatoms. The number of epoxide rings is 1. The molecule has 0 aromatic heterocycles. The van der Waals surface area contributed by atoms with Crippen LogP contribution in [-0.2, 0) is 37.4 Å². The highest BCUT2D eigenvalue weighted by Crippen LogP contribution is 2.43. The quantitative estimate of drug-likeness (QED) is 0.0159. The number of phosphoric acid groups is 1. The molecule has 0 aliphatic carbocycles. The highest BCUT2D eigenvalue weighted by Gasteiger charge is 2.36. The van der Waals surface area contributed by atoms with Crippen LogP contribution in [0.4, 0.5) is 0 Å². The Morgan fingerprint density at radius 1 is 0.571 bits per heavy atom. The third-order valence-corrected chi connectivity index (χ3v) is 12.2. The van der Waals surface area contributed by atoms with Gasteiger partial charge >= 0.3 is 19.8 Å². The zero-order chi connectivity index (χ0) is 46.1. The van der Waals surface area contributed by atoms with Gasteiger partial charge in [-0.15, -0.1) is 0 Å². The highest BCUT2D eigenvalue weighted by atomic mass is 31.2. The molecule has 0 aromatic carbocycles. The summed E-state index contributed by atoms with van der Waals surface area (Å²) >= 11 is 0. The van der Waals surface area contributed by atoms with E-state index in [9.17, 15) is 19.0 Å². The SMILES string of the molecule is CCCCC/C=C\CC1OC1C/C=C\C/C=C\CCCC(=O)O[C@H](COC(=O)CCCCCCCCCCCCC/C=C\CCCCCCCC)COP(=O)(O)OCC[N+](C)(C)C. The van der Waals surface area contributed by atoms with Crippen LogP contribution in [0.15, 0.2) is 48.6 Å². The van der Waals surface area contributed by atoms with Crippen LogP contribution < -0.4 is 0 Å². The zero-order valence-electron chi connectivity index (χ0n) is 41.0. The van der Waals surface area contributed by atoms with Crippen molar-refractivity contribution in [3.05, 3.63) is 48.6 Å². The predicted molar refractivity (Wildman–Crippen MR) is 261 cm³/mol. The molecular weight excluding hydrogens is 814 g/mol. The van der Waals surface area contributed by atoms with Crippen molar-refractivity contribution in [2.75, 3.05) is 47.5 Å². The third-order valence-electron chi connectivity index (χ3n) is 11.2. The predicted octanol–water partition coefficient (Wildman–Crippen LogP) is 14.0. The third kappa shape index (κ3) is 41.1. The van der Waals surface area contributed by atoms with Gasteiger partial charge in [0.15, 0.2) is 6.10 Å². The lowest BCUT2D eigenvalue weighted by Gasteiger charge is -2.24. The van der Waals surface area contributed by atoms with Crippen molar-refractivity contribution in [1.82, 2.24) is 0 Å². The van der Waals surface area contributed by atoms with Gasteiger partial charge in [-0.2, -0.15) is 0 Å². The molecule has 0 radical (unpaired) electrons. The van der Waals surface area contributed by atoms with Gasteiger partial charge in [-0.25, -0.2) is 4.57 Å². The van der Waals surface area contributed by atoms with E-state index in [0.29, 0.717) is 36.1 Å². The first kappa shape index (κ1) is 58.9. The summed E-state index contributed by atoms with van der Waals surface area (Å²) in [5.41, 5.74) is 0. The lowest BCUT2D eigenvalue weighted by molar-refractivity contribution is -0.870. The van der Waals surface area contributed by atoms with E-state index in [1.807, 2.05) is 21.1 Å². The van der Waals surface area contributed by atoms with Gasteiger partial charge in [0.1, 0.15) is 19.8 Å². The molecule has 0 bridgehead atoms. The number of esters is 2. The van der Waals surface area contributed by atoms with Crippen LogP contribution in [0.5, 0.6) is 0 Å². The van der Waals surface area contributed by atoms with E-state index in [2.05, 4.69) is 62.5 Å². The Bertz CT molecular complexity index is 1280. The van der Waals surface area contributed by atoms with Gasteiger partial charge in [-0.3, -0.25) is 18.6 Å². The number of rotatable bonds is 45. The molecular formula is C52H95NO9P+. The van der Waals surface area contributed by atoms with Crippen molar-refractivity contribution in [2.45, 2.75) is 225 Å². The molecule has 0 saturated carbocycles. The first-order valence-corrected chi connectivity index (χ1v) is 27.0. The molecule has 0 amide bonds. The van der Waals surface area contributed by atoms with Gasteiger partial charge in [0.2, 0.25) is 0 Å². The van der Waals surface area contributed by atoms with Crippen LogP contribution in [0, 0.1) is 0 Å².